The largest absolute Gasteiger partial charge is 0.487 e. The Morgan fingerprint density at radius 3 is 2.58 bits per heavy atom. The van der Waals surface area contributed by atoms with Gasteiger partial charge in [-0.05, 0) is 43.3 Å². The highest BCUT2D eigenvalue weighted by Gasteiger charge is 2.27. The van der Waals surface area contributed by atoms with Crippen molar-refractivity contribution in [3.05, 3.63) is 54.1 Å². The van der Waals surface area contributed by atoms with Gasteiger partial charge >= 0.3 is 12.0 Å². The first-order valence-electron chi connectivity index (χ1n) is 7.61. The highest BCUT2D eigenvalue weighted by molar-refractivity contribution is 6.03. The maximum Gasteiger partial charge on any atom is 0.337 e. The molecule has 1 unspecified atom stereocenters. The third kappa shape index (κ3) is 3.17. The third-order valence-electron chi connectivity index (χ3n) is 3.73. The summed E-state index contributed by atoms with van der Waals surface area (Å²) in [5, 5.41) is 2.84. The fourth-order valence-electron chi connectivity index (χ4n) is 2.58. The molecule has 0 saturated carbocycles. The normalized spacial score (nSPS) is 15.9. The summed E-state index contributed by atoms with van der Waals surface area (Å²) in [5.41, 5.74) is 1.77. The number of carbonyl (C=O) groups is 2. The number of fused-ring (bicyclic) bond motifs is 1. The summed E-state index contributed by atoms with van der Waals surface area (Å²) < 4.78 is 10.4. The van der Waals surface area contributed by atoms with Gasteiger partial charge in [-0.15, -0.1) is 0 Å². The fraction of sp³-hybridized carbons (Fsp3) is 0.222. The Balaban J connectivity index is 1.77. The topological polar surface area (TPSA) is 67.9 Å². The average Bonchev–Trinajstić information content (AvgIpc) is 2.60. The first kappa shape index (κ1) is 15.9. The Labute approximate surface area is 140 Å². The molecule has 0 saturated heterocycles. The Hall–Kier alpha value is -3.02. The lowest BCUT2D eigenvalue weighted by Crippen LogP contribution is -2.44. The molecule has 1 atom stereocenters. The average molecular weight is 326 g/mol. The number of methoxy groups -OCH3 is 1. The molecule has 0 fully saturated rings. The molecule has 2 aromatic carbocycles. The molecule has 0 aliphatic carbocycles. The van der Waals surface area contributed by atoms with E-state index in [9.17, 15) is 9.59 Å². The van der Waals surface area contributed by atoms with Crippen LogP contribution in [0.1, 0.15) is 17.3 Å². The Kier molecular flexibility index (Phi) is 4.37. The van der Waals surface area contributed by atoms with E-state index in [0.717, 1.165) is 5.69 Å². The molecule has 0 radical (unpaired) electrons. The van der Waals surface area contributed by atoms with E-state index in [4.69, 9.17) is 4.74 Å². The first-order chi connectivity index (χ1) is 11.6. The Morgan fingerprint density at radius 2 is 1.88 bits per heavy atom. The summed E-state index contributed by atoms with van der Waals surface area (Å²) >= 11 is 0. The second-order valence-electron chi connectivity index (χ2n) is 5.51. The van der Waals surface area contributed by atoms with Crippen molar-refractivity contribution in [3.63, 3.8) is 0 Å². The van der Waals surface area contributed by atoms with Crippen LogP contribution >= 0.6 is 0 Å². The molecule has 0 spiro atoms. The SMILES string of the molecule is COC(=O)c1ccc(NC(=O)N2CC(C)Oc3ccccc32)cc1. The van der Waals surface area contributed by atoms with Gasteiger partial charge in [-0.1, -0.05) is 12.1 Å². The molecule has 1 heterocycles. The molecule has 0 aromatic heterocycles. The number of anilines is 2. The molecule has 6 heteroatoms. The summed E-state index contributed by atoms with van der Waals surface area (Å²) in [6.45, 7) is 2.38. The van der Waals surface area contributed by atoms with Crippen molar-refractivity contribution in [1.29, 1.82) is 0 Å². The molecular formula is C18H18N2O4. The number of esters is 1. The molecule has 2 amide bonds. The van der Waals surface area contributed by atoms with E-state index in [2.05, 4.69) is 10.1 Å². The van der Waals surface area contributed by atoms with Crippen LogP contribution in [0.15, 0.2) is 48.5 Å². The van der Waals surface area contributed by atoms with Gasteiger partial charge < -0.3 is 14.8 Å². The third-order valence-corrected chi connectivity index (χ3v) is 3.73. The van der Waals surface area contributed by atoms with Crippen LogP contribution in [0, 0.1) is 0 Å². The minimum absolute atomic E-state index is 0.0904. The lowest BCUT2D eigenvalue weighted by Gasteiger charge is -2.33. The van der Waals surface area contributed by atoms with E-state index in [1.165, 1.54) is 7.11 Å². The number of rotatable bonds is 2. The summed E-state index contributed by atoms with van der Waals surface area (Å²) in [6, 6.07) is 13.7. The summed E-state index contributed by atoms with van der Waals surface area (Å²) in [7, 11) is 1.33. The molecule has 0 bridgehead atoms. The van der Waals surface area contributed by atoms with Crippen molar-refractivity contribution < 1.29 is 19.1 Å². The van der Waals surface area contributed by atoms with Gasteiger partial charge in [-0.3, -0.25) is 4.90 Å². The van der Waals surface area contributed by atoms with Crippen LogP contribution in [0.5, 0.6) is 5.75 Å². The van der Waals surface area contributed by atoms with Crippen molar-refractivity contribution in [3.8, 4) is 5.75 Å². The van der Waals surface area contributed by atoms with Gasteiger partial charge in [0.2, 0.25) is 0 Å². The van der Waals surface area contributed by atoms with Gasteiger partial charge in [0.1, 0.15) is 11.9 Å². The highest BCUT2D eigenvalue weighted by Crippen LogP contribution is 2.33. The van der Waals surface area contributed by atoms with Gasteiger partial charge in [0, 0.05) is 5.69 Å². The zero-order valence-electron chi connectivity index (χ0n) is 13.5. The van der Waals surface area contributed by atoms with Crippen molar-refractivity contribution >= 4 is 23.4 Å². The lowest BCUT2D eigenvalue weighted by atomic mass is 10.2. The van der Waals surface area contributed by atoms with Crippen LogP contribution in [-0.2, 0) is 4.74 Å². The van der Waals surface area contributed by atoms with E-state index < -0.39 is 5.97 Å². The molecule has 1 N–H and O–H groups in total. The number of nitrogens with one attached hydrogen (secondary N) is 1. The first-order valence-corrected chi connectivity index (χ1v) is 7.61. The fourth-order valence-corrected chi connectivity index (χ4v) is 2.58. The van der Waals surface area contributed by atoms with Crippen molar-refractivity contribution in [1.82, 2.24) is 0 Å². The van der Waals surface area contributed by atoms with E-state index in [0.29, 0.717) is 23.5 Å². The predicted octanol–water partition coefficient (Wildman–Crippen LogP) is 3.29. The number of carbonyl (C=O) groups excluding carboxylic acids is 2. The quantitative estimate of drug-likeness (QED) is 0.860. The number of amides is 2. The van der Waals surface area contributed by atoms with Crippen LogP contribution in [0.2, 0.25) is 0 Å². The van der Waals surface area contributed by atoms with Crippen LogP contribution in [0.4, 0.5) is 16.2 Å². The van der Waals surface area contributed by atoms with Crippen molar-refractivity contribution in [2.75, 3.05) is 23.9 Å². The molecule has 2 aromatic rings. The number of hydrogen-bond acceptors (Lipinski definition) is 4. The maximum atomic E-state index is 12.6. The zero-order valence-corrected chi connectivity index (χ0v) is 13.5. The smallest absolute Gasteiger partial charge is 0.337 e. The van der Waals surface area contributed by atoms with Gasteiger partial charge in [0.15, 0.2) is 0 Å². The Bertz CT molecular complexity index is 758. The number of para-hydroxylation sites is 2. The van der Waals surface area contributed by atoms with Crippen LogP contribution in [0.25, 0.3) is 0 Å². The van der Waals surface area contributed by atoms with Crippen molar-refractivity contribution in [2.24, 2.45) is 0 Å². The monoisotopic (exact) mass is 326 g/mol. The molecule has 3 rings (SSSR count). The summed E-state index contributed by atoms with van der Waals surface area (Å²) in [5.74, 6) is 0.274. The molecule has 124 valence electrons. The summed E-state index contributed by atoms with van der Waals surface area (Å²) in [6.07, 6.45) is -0.0904. The highest BCUT2D eigenvalue weighted by atomic mass is 16.5. The van der Waals surface area contributed by atoms with Crippen LogP contribution in [0.3, 0.4) is 0 Å². The van der Waals surface area contributed by atoms with Gasteiger partial charge in [-0.25, -0.2) is 9.59 Å². The number of hydrogen-bond donors (Lipinski definition) is 1. The van der Waals surface area contributed by atoms with Crippen molar-refractivity contribution in [2.45, 2.75) is 13.0 Å². The van der Waals surface area contributed by atoms with Gasteiger partial charge in [-0.2, -0.15) is 0 Å². The zero-order chi connectivity index (χ0) is 17.1. The Morgan fingerprint density at radius 1 is 1.17 bits per heavy atom. The van der Waals surface area contributed by atoms with E-state index in [1.807, 2.05) is 31.2 Å². The number of ether oxygens (including phenoxy) is 2. The van der Waals surface area contributed by atoms with E-state index >= 15 is 0 Å². The number of benzene rings is 2. The minimum atomic E-state index is -0.413. The lowest BCUT2D eigenvalue weighted by molar-refractivity contribution is 0.0600. The second-order valence-corrected chi connectivity index (χ2v) is 5.51. The minimum Gasteiger partial charge on any atom is -0.487 e. The molecule has 1 aliphatic heterocycles. The standard InChI is InChI=1S/C18H18N2O4/c1-12-11-20(15-5-3-4-6-16(15)24-12)18(22)19-14-9-7-13(8-10-14)17(21)23-2/h3-10,12H,11H2,1-2H3,(H,19,22). The predicted molar refractivity (Wildman–Crippen MR) is 90.7 cm³/mol. The van der Waals surface area contributed by atoms with Crippen LogP contribution in [-0.4, -0.2) is 31.8 Å². The van der Waals surface area contributed by atoms with Gasteiger partial charge in [0.05, 0.1) is 24.9 Å². The molecule has 6 nitrogen and oxygen atoms in total. The van der Waals surface area contributed by atoms with E-state index in [1.54, 1.807) is 29.2 Å². The van der Waals surface area contributed by atoms with E-state index in [-0.39, 0.29) is 12.1 Å². The van der Waals surface area contributed by atoms with Gasteiger partial charge in [0.25, 0.3) is 0 Å². The molecule has 1 aliphatic rings. The van der Waals surface area contributed by atoms with Crippen LogP contribution < -0.4 is 15.0 Å². The number of nitrogens with zero attached hydrogens (tertiary/aromatic N) is 1. The summed E-state index contributed by atoms with van der Waals surface area (Å²) in [4.78, 5) is 25.7. The maximum absolute atomic E-state index is 12.6. The second kappa shape index (κ2) is 6.62. The molecule has 24 heavy (non-hydrogen) atoms. The number of urea groups is 1. The molecular weight excluding hydrogens is 308 g/mol.